The number of nitrogens with two attached hydrogens (primary N) is 1. The summed E-state index contributed by atoms with van der Waals surface area (Å²) in [4.78, 5) is 12.0. The van der Waals surface area contributed by atoms with Crippen LogP contribution in [0.3, 0.4) is 0 Å². The number of urea groups is 1. The van der Waals surface area contributed by atoms with Crippen LogP contribution in [0.25, 0.3) is 0 Å². The van der Waals surface area contributed by atoms with Crippen LogP contribution in [0.15, 0.2) is 0 Å². The molecule has 76 valence electrons. The van der Waals surface area contributed by atoms with Gasteiger partial charge in [-0.1, -0.05) is 0 Å². The van der Waals surface area contributed by atoms with Gasteiger partial charge in [0.1, 0.15) is 5.37 Å². The summed E-state index contributed by atoms with van der Waals surface area (Å²) in [5.74, 6) is 0. The number of nitrogens with zero attached hydrogens (tertiary/aromatic N) is 1. The molecule has 0 aromatic carbocycles. The zero-order valence-corrected chi connectivity index (χ0v) is 8.17. The minimum absolute atomic E-state index is 0.252. The molecule has 0 spiro atoms. The molecule has 0 aliphatic carbocycles. The van der Waals surface area contributed by atoms with Crippen molar-refractivity contribution in [1.29, 1.82) is 0 Å². The van der Waals surface area contributed by atoms with Gasteiger partial charge in [0, 0.05) is 25.9 Å². The molecule has 1 aliphatic rings. The maximum absolute atomic E-state index is 11.2. The normalized spacial score (nSPS) is 24.4. The first-order valence-electron chi connectivity index (χ1n) is 3.88. The molecule has 2 amide bonds. The van der Waals surface area contributed by atoms with E-state index in [0.717, 1.165) is 6.26 Å². The Morgan fingerprint density at radius 3 is 2.62 bits per heavy atom. The molecular weight excluding hydrogens is 194 g/mol. The van der Waals surface area contributed by atoms with Crippen molar-refractivity contribution >= 4 is 15.9 Å². The van der Waals surface area contributed by atoms with Crippen molar-refractivity contribution in [1.82, 2.24) is 10.2 Å². The van der Waals surface area contributed by atoms with E-state index in [-0.39, 0.29) is 6.54 Å². The van der Waals surface area contributed by atoms with Gasteiger partial charge in [0.15, 0.2) is 9.84 Å². The number of carbonyl (C=O) groups excluding carboxylic acids is 1. The number of piperazine rings is 1. The van der Waals surface area contributed by atoms with Crippen molar-refractivity contribution in [3.8, 4) is 0 Å². The lowest BCUT2D eigenvalue weighted by Gasteiger charge is -2.33. The summed E-state index contributed by atoms with van der Waals surface area (Å²) in [6, 6.07) is -0.683. The van der Waals surface area contributed by atoms with Crippen LogP contribution < -0.4 is 11.1 Å². The molecule has 13 heavy (non-hydrogen) atoms. The molecule has 1 aliphatic heterocycles. The van der Waals surface area contributed by atoms with E-state index in [2.05, 4.69) is 5.32 Å². The highest BCUT2D eigenvalue weighted by Crippen LogP contribution is 2.08. The van der Waals surface area contributed by atoms with E-state index in [0.29, 0.717) is 13.1 Å². The van der Waals surface area contributed by atoms with Crippen molar-refractivity contribution < 1.29 is 13.2 Å². The summed E-state index contributed by atoms with van der Waals surface area (Å²) in [6.07, 6.45) is 1.10. The highest BCUT2D eigenvalue weighted by Gasteiger charge is 2.32. The predicted molar refractivity (Wildman–Crippen MR) is 47.8 cm³/mol. The fourth-order valence-corrected chi connectivity index (χ4v) is 2.41. The minimum atomic E-state index is -3.26. The molecule has 0 bridgehead atoms. The lowest BCUT2D eigenvalue weighted by molar-refractivity contribution is 0.189. The third-order valence-electron chi connectivity index (χ3n) is 1.97. The number of sulfone groups is 1. The van der Waals surface area contributed by atoms with Crippen LogP contribution in [0, 0.1) is 0 Å². The van der Waals surface area contributed by atoms with Gasteiger partial charge in [0.25, 0.3) is 0 Å². The van der Waals surface area contributed by atoms with Crippen molar-refractivity contribution in [2.24, 2.45) is 5.73 Å². The summed E-state index contributed by atoms with van der Waals surface area (Å²) < 4.78 is 22.4. The Kier molecular flexibility index (Phi) is 2.77. The maximum atomic E-state index is 11.2. The van der Waals surface area contributed by atoms with Crippen LogP contribution in [-0.4, -0.2) is 50.6 Å². The zero-order chi connectivity index (χ0) is 10.1. The monoisotopic (exact) mass is 207 g/mol. The first-order chi connectivity index (χ1) is 5.93. The molecule has 1 unspecified atom stereocenters. The summed E-state index contributed by atoms with van der Waals surface area (Å²) >= 11 is 0. The summed E-state index contributed by atoms with van der Waals surface area (Å²) in [7, 11) is -3.26. The predicted octanol–water partition coefficient (Wildman–Crippen LogP) is -1.66. The van der Waals surface area contributed by atoms with Gasteiger partial charge in [-0.25, -0.2) is 13.2 Å². The number of rotatable bonds is 1. The minimum Gasteiger partial charge on any atom is -0.351 e. The van der Waals surface area contributed by atoms with Crippen molar-refractivity contribution in [3.05, 3.63) is 0 Å². The second-order valence-electron chi connectivity index (χ2n) is 3.02. The quantitative estimate of drug-likeness (QED) is 0.538. The Balaban J connectivity index is 2.86. The zero-order valence-electron chi connectivity index (χ0n) is 7.36. The van der Waals surface area contributed by atoms with Crippen LogP contribution in [0.1, 0.15) is 0 Å². The number of hydrogen-bond donors (Lipinski definition) is 2. The standard InChI is InChI=1S/C6H13N3O3S/c1-13(11,12)5-4-8-2-3-9(5)6(7)10/h5,8H,2-4H2,1H3,(H2,7,10). The van der Waals surface area contributed by atoms with Gasteiger partial charge in [0.05, 0.1) is 0 Å². The van der Waals surface area contributed by atoms with E-state index >= 15 is 0 Å². The van der Waals surface area contributed by atoms with Gasteiger partial charge < -0.3 is 16.0 Å². The fraction of sp³-hybridized carbons (Fsp3) is 0.833. The third kappa shape index (κ3) is 2.31. The van der Waals surface area contributed by atoms with Gasteiger partial charge >= 0.3 is 6.03 Å². The summed E-state index contributed by atoms with van der Waals surface area (Å²) in [6.45, 7) is 1.17. The molecule has 1 saturated heterocycles. The Bertz CT molecular complexity index is 300. The van der Waals surface area contributed by atoms with E-state index in [1.807, 2.05) is 0 Å². The second-order valence-corrected chi connectivity index (χ2v) is 5.22. The molecule has 0 radical (unpaired) electrons. The number of primary amides is 1. The Morgan fingerprint density at radius 1 is 1.62 bits per heavy atom. The molecule has 0 saturated carbocycles. The number of nitrogens with one attached hydrogen (secondary N) is 1. The smallest absolute Gasteiger partial charge is 0.315 e. The molecule has 3 N–H and O–H groups in total. The molecule has 1 atom stereocenters. The van der Waals surface area contributed by atoms with E-state index in [1.54, 1.807) is 0 Å². The largest absolute Gasteiger partial charge is 0.351 e. The molecular formula is C6H13N3O3S. The third-order valence-corrected chi connectivity index (χ3v) is 3.38. The molecule has 0 aromatic rings. The first kappa shape index (κ1) is 10.3. The maximum Gasteiger partial charge on any atom is 0.315 e. The lowest BCUT2D eigenvalue weighted by Crippen LogP contribution is -2.58. The average molecular weight is 207 g/mol. The van der Waals surface area contributed by atoms with Gasteiger partial charge in [-0.05, 0) is 0 Å². The molecule has 0 aromatic heterocycles. The number of amides is 2. The van der Waals surface area contributed by atoms with E-state index < -0.39 is 21.2 Å². The number of carbonyl (C=O) groups is 1. The van der Waals surface area contributed by atoms with Crippen LogP contribution >= 0.6 is 0 Å². The highest BCUT2D eigenvalue weighted by atomic mass is 32.2. The van der Waals surface area contributed by atoms with Crippen LogP contribution in [0.2, 0.25) is 0 Å². The van der Waals surface area contributed by atoms with Crippen LogP contribution in [0.5, 0.6) is 0 Å². The Hall–Kier alpha value is -0.820. The van der Waals surface area contributed by atoms with E-state index in [9.17, 15) is 13.2 Å². The SMILES string of the molecule is CS(=O)(=O)C1CNCCN1C(N)=O. The molecule has 1 rings (SSSR count). The van der Waals surface area contributed by atoms with Gasteiger partial charge in [-0.3, -0.25) is 0 Å². The van der Waals surface area contributed by atoms with Gasteiger partial charge in [0.2, 0.25) is 0 Å². The summed E-state index contributed by atoms with van der Waals surface area (Å²) in [5, 5.41) is 2.08. The Morgan fingerprint density at radius 2 is 2.23 bits per heavy atom. The summed E-state index contributed by atoms with van der Waals surface area (Å²) in [5.41, 5.74) is 5.05. The fourth-order valence-electron chi connectivity index (χ4n) is 1.31. The second kappa shape index (κ2) is 3.51. The lowest BCUT2D eigenvalue weighted by atomic mass is 10.4. The molecule has 6 nitrogen and oxygen atoms in total. The first-order valence-corrected chi connectivity index (χ1v) is 5.84. The van der Waals surface area contributed by atoms with E-state index in [4.69, 9.17) is 5.73 Å². The van der Waals surface area contributed by atoms with Crippen molar-refractivity contribution in [2.45, 2.75) is 5.37 Å². The molecule has 1 heterocycles. The average Bonchev–Trinajstić information content (AvgIpc) is 2.03. The topological polar surface area (TPSA) is 92.5 Å². The van der Waals surface area contributed by atoms with Crippen LogP contribution in [0.4, 0.5) is 4.79 Å². The van der Waals surface area contributed by atoms with Crippen molar-refractivity contribution in [3.63, 3.8) is 0 Å². The van der Waals surface area contributed by atoms with Gasteiger partial charge in [-0.2, -0.15) is 0 Å². The highest BCUT2D eigenvalue weighted by molar-refractivity contribution is 7.91. The van der Waals surface area contributed by atoms with Crippen LogP contribution in [-0.2, 0) is 9.84 Å². The number of hydrogen-bond acceptors (Lipinski definition) is 4. The van der Waals surface area contributed by atoms with Crippen molar-refractivity contribution in [2.75, 3.05) is 25.9 Å². The Labute approximate surface area is 77.0 Å². The van der Waals surface area contributed by atoms with Gasteiger partial charge in [-0.15, -0.1) is 0 Å². The van der Waals surface area contributed by atoms with E-state index in [1.165, 1.54) is 4.90 Å². The molecule has 7 heteroatoms. The molecule has 1 fully saturated rings.